The smallest absolute Gasteiger partial charge is 0.405 e. The first kappa shape index (κ1) is 22.7. The number of allylic oxidation sites excluding steroid dienone is 1. The quantitative estimate of drug-likeness (QED) is 0.487. The number of aliphatic hydroxyl groups is 1. The van der Waals surface area contributed by atoms with Gasteiger partial charge in [0.2, 0.25) is 5.91 Å². The van der Waals surface area contributed by atoms with Crippen molar-refractivity contribution in [2.75, 3.05) is 38.2 Å². The SMILES string of the molecule is O=C(NCC(F)(F)F)C1C=CC2=C(N1)N(C(=O)Nc1cc(OCCO)ccn1)C1CCN2C1. The van der Waals surface area contributed by atoms with Crippen LogP contribution in [-0.4, -0.2) is 82.9 Å². The average molecular weight is 468 g/mol. The van der Waals surface area contributed by atoms with E-state index in [4.69, 9.17) is 9.84 Å². The van der Waals surface area contributed by atoms with Crippen LogP contribution in [0.2, 0.25) is 0 Å². The second-order valence-corrected chi connectivity index (χ2v) is 7.69. The molecule has 2 unspecified atom stereocenters. The number of aromatic nitrogens is 1. The molecule has 4 N–H and O–H groups in total. The van der Waals surface area contributed by atoms with Gasteiger partial charge in [0.1, 0.15) is 36.6 Å². The molecule has 0 aromatic carbocycles. The van der Waals surface area contributed by atoms with Gasteiger partial charge < -0.3 is 25.4 Å². The van der Waals surface area contributed by atoms with Crippen molar-refractivity contribution in [1.29, 1.82) is 0 Å². The van der Waals surface area contributed by atoms with Gasteiger partial charge in [0, 0.05) is 25.4 Å². The van der Waals surface area contributed by atoms with Gasteiger partial charge in [-0.2, -0.15) is 13.2 Å². The Labute approximate surface area is 187 Å². The molecule has 4 heterocycles. The number of fused-ring (bicyclic) bond motifs is 3. The summed E-state index contributed by atoms with van der Waals surface area (Å²) in [4.78, 5) is 33.1. The highest BCUT2D eigenvalue weighted by Crippen LogP contribution is 2.33. The third-order valence-electron chi connectivity index (χ3n) is 5.38. The molecule has 1 aromatic heterocycles. The molecule has 4 rings (SSSR count). The Bertz CT molecular complexity index is 983. The van der Waals surface area contributed by atoms with Crippen molar-refractivity contribution in [3.63, 3.8) is 0 Å². The van der Waals surface area contributed by atoms with Gasteiger partial charge in [-0.15, -0.1) is 0 Å². The Morgan fingerprint density at radius 2 is 2.18 bits per heavy atom. The molecule has 0 saturated carbocycles. The molecule has 0 radical (unpaired) electrons. The average Bonchev–Trinajstić information content (AvgIpc) is 3.19. The predicted octanol–water partition coefficient (Wildman–Crippen LogP) is 0.750. The molecule has 33 heavy (non-hydrogen) atoms. The van der Waals surface area contributed by atoms with Crippen molar-refractivity contribution in [3.05, 3.63) is 42.0 Å². The topological polar surface area (TPSA) is 119 Å². The second kappa shape index (κ2) is 9.17. The van der Waals surface area contributed by atoms with E-state index in [2.05, 4.69) is 20.5 Å². The van der Waals surface area contributed by atoms with E-state index >= 15 is 0 Å². The lowest BCUT2D eigenvalue weighted by atomic mass is 10.1. The third kappa shape index (κ3) is 5.13. The van der Waals surface area contributed by atoms with Crippen LogP contribution >= 0.6 is 0 Å². The number of carbonyl (C=O) groups excluding carboxylic acids is 2. The molecule has 2 bridgehead atoms. The molecule has 3 aliphatic heterocycles. The number of alkyl halides is 3. The molecule has 0 aliphatic carbocycles. The standard InChI is InChI=1S/C20H23F3N6O4/c21-20(22,23)11-25-18(31)14-1-2-15-17(26-14)29(12-4-6-28(15)10-12)19(32)27-16-9-13(3-5-24-16)33-8-7-30/h1-3,5,9,12,14,26,30H,4,6-8,10-11H2,(H,25,31)(H,24,27,32). The number of rotatable bonds is 6. The van der Waals surface area contributed by atoms with Gasteiger partial charge >= 0.3 is 12.2 Å². The Kier molecular flexibility index (Phi) is 6.31. The maximum absolute atomic E-state index is 13.2. The number of carbonyl (C=O) groups is 2. The van der Waals surface area contributed by atoms with Crippen LogP contribution in [0.25, 0.3) is 0 Å². The van der Waals surface area contributed by atoms with E-state index < -0.39 is 30.7 Å². The summed E-state index contributed by atoms with van der Waals surface area (Å²) in [5.74, 6) is 0.145. The van der Waals surface area contributed by atoms with Crippen LogP contribution in [0.3, 0.4) is 0 Å². The van der Waals surface area contributed by atoms with Crippen LogP contribution < -0.4 is 20.7 Å². The Hall–Kier alpha value is -3.48. The summed E-state index contributed by atoms with van der Waals surface area (Å²) in [6.45, 7) is -0.220. The van der Waals surface area contributed by atoms with Gasteiger partial charge in [0.15, 0.2) is 0 Å². The van der Waals surface area contributed by atoms with Gasteiger partial charge in [-0.3, -0.25) is 15.0 Å². The highest BCUT2D eigenvalue weighted by molar-refractivity contribution is 5.91. The Balaban J connectivity index is 1.50. The molecule has 1 saturated heterocycles. The summed E-state index contributed by atoms with van der Waals surface area (Å²) in [6.07, 6.45) is 0.732. The minimum absolute atomic E-state index is 0.0890. The van der Waals surface area contributed by atoms with Crippen molar-refractivity contribution in [3.8, 4) is 5.75 Å². The number of pyridine rings is 1. The first-order valence-corrected chi connectivity index (χ1v) is 10.3. The van der Waals surface area contributed by atoms with Crippen LogP contribution in [-0.2, 0) is 4.79 Å². The number of halogens is 3. The lowest BCUT2D eigenvalue weighted by molar-refractivity contribution is -0.138. The molecule has 13 heteroatoms. The highest BCUT2D eigenvalue weighted by atomic mass is 19.4. The fraction of sp³-hybridized carbons (Fsp3) is 0.450. The van der Waals surface area contributed by atoms with Gasteiger partial charge in [0.25, 0.3) is 0 Å². The number of urea groups is 1. The number of ether oxygens (including phenoxy) is 1. The van der Waals surface area contributed by atoms with E-state index in [9.17, 15) is 22.8 Å². The molecule has 2 atom stereocenters. The number of dihydropyridines is 1. The number of hydrogen-bond acceptors (Lipinski definition) is 7. The monoisotopic (exact) mass is 468 g/mol. The van der Waals surface area contributed by atoms with Crippen LogP contribution in [0.4, 0.5) is 23.8 Å². The third-order valence-corrected chi connectivity index (χ3v) is 5.38. The number of nitrogens with one attached hydrogen (secondary N) is 3. The summed E-state index contributed by atoms with van der Waals surface area (Å²) in [7, 11) is 0. The zero-order valence-electron chi connectivity index (χ0n) is 17.4. The maximum atomic E-state index is 13.2. The zero-order valence-corrected chi connectivity index (χ0v) is 17.4. The molecular formula is C20H23F3N6O4. The van der Waals surface area contributed by atoms with Crippen molar-refractivity contribution in [1.82, 2.24) is 25.4 Å². The number of hydrogen-bond donors (Lipinski definition) is 4. The summed E-state index contributed by atoms with van der Waals surface area (Å²) in [5.41, 5.74) is 0.687. The van der Waals surface area contributed by atoms with Crippen LogP contribution in [0.5, 0.6) is 5.75 Å². The van der Waals surface area contributed by atoms with Crippen LogP contribution in [0, 0.1) is 0 Å². The minimum atomic E-state index is -4.53. The van der Waals surface area contributed by atoms with Crippen molar-refractivity contribution >= 4 is 17.8 Å². The van der Waals surface area contributed by atoms with Gasteiger partial charge in [-0.05, 0) is 18.6 Å². The normalized spacial score (nSPS) is 21.5. The second-order valence-electron chi connectivity index (χ2n) is 7.69. The fourth-order valence-electron chi connectivity index (χ4n) is 3.96. The molecule has 0 spiro atoms. The lowest BCUT2D eigenvalue weighted by Crippen LogP contribution is -2.56. The van der Waals surface area contributed by atoms with Gasteiger partial charge in [-0.1, -0.05) is 6.08 Å². The molecule has 10 nitrogen and oxygen atoms in total. The van der Waals surface area contributed by atoms with E-state index in [1.54, 1.807) is 12.1 Å². The number of aliphatic hydroxyl groups excluding tert-OH is 1. The van der Waals surface area contributed by atoms with Crippen molar-refractivity contribution in [2.45, 2.75) is 24.7 Å². The molecule has 1 fully saturated rings. The molecule has 178 valence electrons. The highest BCUT2D eigenvalue weighted by Gasteiger charge is 2.42. The molecule has 3 amide bonds. The summed E-state index contributed by atoms with van der Waals surface area (Å²) < 4.78 is 42.8. The number of nitrogens with zero attached hydrogens (tertiary/aromatic N) is 3. The first-order valence-electron chi connectivity index (χ1n) is 10.3. The van der Waals surface area contributed by atoms with Crippen molar-refractivity contribution in [2.24, 2.45) is 0 Å². The predicted molar refractivity (Wildman–Crippen MR) is 110 cm³/mol. The molecule has 3 aliphatic rings. The largest absolute Gasteiger partial charge is 0.491 e. The van der Waals surface area contributed by atoms with Crippen LogP contribution in [0.1, 0.15) is 6.42 Å². The summed E-state index contributed by atoms with van der Waals surface area (Å²) in [5, 5.41) is 16.4. The lowest BCUT2D eigenvalue weighted by Gasteiger charge is -2.40. The fourth-order valence-corrected chi connectivity index (χ4v) is 3.96. The van der Waals surface area contributed by atoms with E-state index in [-0.39, 0.29) is 25.1 Å². The van der Waals surface area contributed by atoms with E-state index in [0.29, 0.717) is 36.8 Å². The van der Waals surface area contributed by atoms with E-state index in [1.807, 2.05) is 5.32 Å². The summed E-state index contributed by atoms with van der Waals surface area (Å²) in [6, 6.07) is 1.34. The first-order chi connectivity index (χ1) is 15.7. The minimum Gasteiger partial charge on any atom is -0.491 e. The molecular weight excluding hydrogens is 445 g/mol. The maximum Gasteiger partial charge on any atom is 0.405 e. The van der Waals surface area contributed by atoms with Gasteiger partial charge in [0.05, 0.1) is 18.3 Å². The van der Waals surface area contributed by atoms with Crippen LogP contribution in [0.15, 0.2) is 42.0 Å². The van der Waals surface area contributed by atoms with E-state index in [0.717, 1.165) is 0 Å². The van der Waals surface area contributed by atoms with Gasteiger partial charge in [-0.25, -0.2) is 9.78 Å². The summed E-state index contributed by atoms with van der Waals surface area (Å²) >= 11 is 0. The zero-order chi connectivity index (χ0) is 23.6. The number of amides is 3. The van der Waals surface area contributed by atoms with E-state index in [1.165, 1.54) is 23.2 Å². The number of anilines is 1. The Morgan fingerprint density at radius 3 is 2.94 bits per heavy atom. The van der Waals surface area contributed by atoms with Crippen molar-refractivity contribution < 1.29 is 32.6 Å². The Morgan fingerprint density at radius 1 is 1.36 bits per heavy atom. The molecule has 1 aromatic rings.